The highest BCUT2D eigenvalue weighted by atomic mass is 16.2. The minimum atomic E-state index is -0.329. The fraction of sp³-hybridized carbons (Fsp3) is 0.917. The summed E-state index contributed by atoms with van der Waals surface area (Å²) in [7, 11) is 0. The monoisotopic (exact) mass is 227 g/mol. The van der Waals surface area contributed by atoms with Gasteiger partial charge < -0.3 is 16.0 Å². The van der Waals surface area contributed by atoms with Crippen molar-refractivity contribution in [2.75, 3.05) is 32.7 Å². The first-order valence-corrected chi connectivity index (χ1v) is 6.40. The first-order valence-electron chi connectivity index (χ1n) is 6.40. The largest absolute Gasteiger partial charge is 0.341 e. The maximum absolute atomic E-state index is 12.5. The van der Waals surface area contributed by atoms with Gasteiger partial charge in [0.05, 0.1) is 5.41 Å². The highest BCUT2D eigenvalue weighted by molar-refractivity contribution is 5.83. The van der Waals surface area contributed by atoms with Crippen molar-refractivity contribution in [3.8, 4) is 0 Å². The Morgan fingerprint density at radius 3 is 2.56 bits per heavy atom. The van der Waals surface area contributed by atoms with Crippen molar-refractivity contribution in [3.05, 3.63) is 0 Å². The number of carbonyl (C=O) groups is 1. The summed E-state index contributed by atoms with van der Waals surface area (Å²) < 4.78 is 0. The Kier molecular flexibility index (Phi) is 5.22. The summed E-state index contributed by atoms with van der Waals surface area (Å²) in [5, 5.41) is 3.31. The van der Waals surface area contributed by atoms with Gasteiger partial charge in [0.15, 0.2) is 0 Å². The maximum atomic E-state index is 12.5. The summed E-state index contributed by atoms with van der Waals surface area (Å²) in [5.41, 5.74) is 5.48. The van der Waals surface area contributed by atoms with E-state index in [-0.39, 0.29) is 11.3 Å². The van der Waals surface area contributed by atoms with Gasteiger partial charge in [-0.25, -0.2) is 0 Å². The van der Waals surface area contributed by atoms with Gasteiger partial charge in [0.1, 0.15) is 0 Å². The van der Waals surface area contributed by atoms with Crippen molar-refractivity contribution >= 4 is 5.91 Å². The minimum Gasteiger partial charge on any atom is -0.341 e. The van der Waals surface area contributed by atoms with Gasteiger partial charge in [-0.15, -0.1) is 0 Å². The van der Waals surface area contributed by atoms with Crippen LogP contribution in [-0.4, -0.2) is 43.5 Å². The molecule has 1 saturated heterocycles. The molecule has 0 atom stereocenters. The molecule has 0 saturated carbocycles. The molecule has 1 aliphatic heterocycles. The van der Waals surface area contributed by atoms with E-state index in [1.54, 1.807) is 0 Å². The molecule has 3 N–H and O–H groups in total. The standard InChI is InChI=1S/C12H25N3O/c1-3-12(4-2,10-13)11(16)15-8-5-6-14-7-9-15/h14H,3-10,13H2,1-2H3. The van der Waals surface area contributed by atoms with Crippen LogP contribution in [-0.2, 0) is 4.79 Å². The van der Waals surface area contributed by atoms with Crippen LogP contribution in [0.3, 0.4) is 0 Å². The molecule has 0 aromatic carbocycles. The lowest BCUT2D eigenvalue weighted by atomic mass is 9.81. The molecule has 0 unspecified atom stereocenters. The van der Waals surface area contributed by atoms with Gasteiger partial charge in [0.25, 0.3) is 0 Å². The third-order valence-electron chi connectivity index (χ3n) is 3.83. The number of amides is 1. The molecule has 0 aromatic heterocycles. The Bertz CT molecular complexity index is 210. The molecule has 1 rings (SSSR count). The van der Waals surface area contributed by atoms with Gasteiger partial charge in [0, 0.05) is 26.2 Å². The lowest BCUT2D eigenvalue weighted by molar-refractivity contribution is -0.142. The van der Waals surface area contributed by atoms with Gasteiger partial charge >= 0.3 is 0 Å². The van der Waals surface area contributed by atoms with Crippen LogP contribution in [0.2, 0.25) is 0 Å². The fourth-order valence-electron chi connectivity index (χ4n) is 2.31. The highest BCUT2D eigenvalue weighted by Crippen LogP contribution is 2.27. The molecule has 0 aliphatic carbocycles. The van der Waals surface area contributed by atoms with Gasteiger partial charge in [-0.2, -0.15) is 0 Å². The topological polar surface area (TPSA) is 58.4 Å². The molecule has 0 spiro atoms. The Labute approximate surface area is 98.6 Å². The van der Waals surface area contributed by atoms with Crippen LogP contribution in [0.4, 0.5) is 0 Å². The summed E-state index contributed by atoms with van der Waals surface area (Å²) in [4.78, 5) is 14.5. The van der Waals surface area contributed by atoms with Crippen LogP contribution in [0.5, 0.6) is 0 Å². The van der Waals surface area contributed by atoms with E-state index in [9.17, 15) is 4.79 Å². The molecule has 16 heavy (non-hydrogen) atoms. The predicted molar refractivity (Wildman–Crippen MR) is 66.1 cm³/mol. The van der Waals surface area contributed by atoms with Gasteiger partial charge in [-0.3, -0.25) is 4.79 Å². The van der Waals surface area contributed by atoms with E-state index in [1.807, 2.05) is 4.90 Å². The number of hydrogen-bond donors (Lipinski definition) is 2. The lowest BCUT2D eigenvalue weighted by Crippen LogP contribution is -2.48. The zero-order chi connectivity index (χ0) is 12.0. The number of carbonyl (C=O) groups excluding carboxylic acids is 1. The van der Waals surface area contributed by atoms with E-state index >= 15 is 0 Å². The van der Waals surface area contributed by atoms with Crippen molar-refractivity contribution in [2.24, 2.45) is 11.1 Å². The first-order chi connectivity index (χ1) is 7.70. The second-order valence-corrected chi connectivity index (χ2v) is 4.59. The summed E-state index contributed by atoms with van der Waals surface area (Å²) in [6, 6.07) is 0. The smallest absolute Gasteiger partial charge is 0.230 e. The molecule has 0 bridgehead atoms. The average molecular weight is 227 g/mol. The van der Waals surface area contributed by atoms with Crippen molar-refractivity contribution in [3.63, 3.8) is 0 Å². The van der Waals surface area contributed by atoms with Crippen LogP contribution in [0.15, 0.2) is 0 Å². The second kappa shape index (κ2) is 6.21. The van der Waals surface area contributed by atoms with Crippen LogP contribution in [0, 0.1) is 5.41 Å². The third kappa shape index (κ3) is 2.74. The molecule has 94 valence electrons. The Balaban J connectivity index is 2.72. The Hall–Kier alpha value is -0.610. The van der Waals surface area contributed by atoms with E-state index in [0.717, 1.165) is 45.4 Å². The molecule has 1 aliphatic rings. The molecular weight excluding hydrogens is 202 g/mol. The number of hydrogen-bond acceptors (Lipinski definition) is 3. The molecular formula is C12H25N3O. The summed E-state index contributed by atoms with van der Waals surface area (Å²) in [5.74, 6) is 0.253. The first kappa shape index (κ1) is 13.5. The van der Waals surface area contributed by atoms with Crippen molar-refractivity contribution in [1.29, 1.82) is 0 Å². The molecule has 0 aromatic rings. The maximum Gasteiger partial charge on any atom is 0.230 e. The van der Waals surface area contributed by atoms with Crippen LogP contribution in [0.25, 0.3) is 0 Å². The van der Waals surface area contributed by atoms with Gasteiger partial charge in [-0.1, -0.05) is 13.8 Å². The summed E-state index contributed by atoms with van der Waals surface area (Å²) >= 11 is 0. The molecule has 4 nitrogen and oxygen atoms in total. The summed E-state index contributed by atoms with van der Waals surface area (Å²) in [6.07, 6.45) is 2.71. The van der Waals surface area contributed by atoms with Crippen LogP contribution < -0.4 is 11.1 Å². The molecule has 1 fully saturated rings. The van der Waals surface area contributed by atoms with Crippen LogP contribution >= 0.6 is 0 Å². The fourth-order valence-corrected chi connectivity index (χ4v) is 2.31. The molecule has 1 amide bonds. The predicted octanol–water partition coefficient (Wildman–Crippen LogP) is 0.573. The Morgan fingerprint density at radius 2 is 2.00 bits per heavy atom. The molecule has 4 heteroatoms. The zero-order valence-corrected chi connectivity index (χ0v) is 10.6. The van der Waals surface area contributed by atoms with E-state index in [2.05, 4.69) is 19.2 Å². The zero-order valence-electron chi connectivity index (χ0n) is 10.6. The highest BCUT2D eigenvalue weighted by Gasteiger charge is 2.36. The van der Waals surface area contributed by atoms with Crippen molar-refractivity contribution in [2.45, 2.75) is 33.1 Å². The number of rotatable bonds is 4. The Morgan fingerprint density at radius 1 is 1.31 bits per heavy atom. The van der Waals surface area contributed by atoms with Gasteiger partial charge in [0.2, 0.25) is 5.91 Å². The number of nitrogens with one attached hydrogen (secondary N) is 1. The van der Waals surface area contributed by atoms with E-state index < -0.39 is 0 Å². The van der Waals surface area contributed by atoms with Gasteiger partial charge in [-0.05, 0) is 25.8 Å². The molecule has 1 heterocycles. The minimum absolute atomic E-state index is 0.253. The quantitative estimate of drug-likeness (QED) is 0.738. The molecule has 0 radical (unpaired) electrons. The average Bonchev–Trinajstić information content (AvgIpc) is 2.60. The number of nitrogens with zero attached hydrogens (tertiary/aromatic N) is 1. The van der Waals surface area contributed by atoms with E-state index in [1.165, 1.54) is 0 Å². The number of nitrogens with two attached hydrogens (primary N) is 1. The summed E-state index contributed by atoms with van der Waals surface area (Å²) in [6.45, 7) is 8.18. The third-order valence-corrected chi connectivity index (χ3v) is 3.83. The van der Waals surface area contributed by atoms with Crippen LogP contribution in [0.1, 0.15) is 33.1 Å². The lowest BCUT2D eigenvalue weighted by Gasteiger charge is -2.34. The second-order valence-electron chi connectivity index (χ2n) is 4.59. The van der Waals surface area contributed by atoms with E-state index in [4.69, 9.17) is 5.73 Å². The normalized spacial score (nSPS) is 18.3. The SMILES string of the molecule is CCC(CC)(CN)C(=O)N1CCCNCC1. The van der Waals surface area contributed by atoms with E-state index in [0.29, 0.717) is 6.54 Å². The van der Waals surface area contributed by atoms with Crippen molar-refractivity contribution < 1.29 is 4.79 Å². The van der Waals surface area contributed by atoms with Crippen molar-refractivity contribution in [1.82, 2.24) is 10.2 Å².